The number of nitrogens with zero attached hydrogens (tertiary/aromatic N) is 3. The maximum Gasteiger partial charge on any atom is 0.324 e. The number of pyridine rings is 1. The average molecular weight is 401 g/mol. The van der Waals surface area contributed by atoms with Crippen LogP contribution in [0.3, 0.4) is 0 Å². The molecule has 0 fully saturated rings. The van der Waals surface area contributed by atoms with Crippen molar-refractivity contribution < 1.29 is 22.2 Å². The first-order chi connectivity index (χ1) is 13.3. The van der Waals surface area contributed by atoms with Gasteiger partial charge >= 0.3 is 10.1 Å². The van der Waals surface area contributed by atoms with E-state index in [0.29, 0.717) is 22.8 Å². The van der Waals surface area contributed by atoms with Crippen molar-refractivity contribution >= 4 is 32.1 Å². The van der Waals surface area contributed by atoms with Crippen LogP contribution in [0.15, 0.2) is 42.7 Å². The molecular formula is C19H19N3O5S. The highest BCUT2D eigenvalue weighted by Crippen LogP contribution is 2.39. The Hall–Kier alpha value is -3.20. The second-order valence-electron chi connectivity index (χ2n) is 6.40. The number of methoxy groups -OCH3 is 2. The first-order valence-electron chi connectivity index (χ1n) is 8.40. The number of benzene rings is 1. The van der Waals surface area contributed by atoms with Gasteiger partial charge in [0.05, 0.1) is 31.7 Å². The molecule has 0 aliphatic heterocycles. The number of ether oxygens (including phenoxy) is 2. The van der Waals surface area contributed by atoms with E-state index < -0.39 is 10.1 Å². The van der Waals surface area contributed by atoms with Crippen LogP contribution in [0.25, 0.3) is 33.2 Å². The van der Waals surface area contributed by atoms with Crippen molar-refractivity contribution in [2.45, 2.75) is 0 Å². The molecule has 0 aliphatic rings. The Bertz CT molecular complexity index is 1300. The molecule has 0 radical (unpaired) electrons. The highest BCUT2D eigenvalue weighted by atomic mass is 32.2. The van der Waals surface area contributed by atoms with Gasteiger partial charge in [0.15, 0.2) is 17.1 Å². The third kappa shape index (κ3) is 2.93. The molecule has 0 aliphatic carbocycles. The van der Waals surface area contributed by atoms with Crippen molar-refractivity contribution in [1.82, 2.24) is 14.3 Å². The van der Waals surface area contributed by atoms with Crippen LogP contribution in [0.4, 0.5) is 0 Å². The van der Waals surface area contributed by atoms with Gasteiger partial charge in [-0.15, -0.1) is 4.73 Å². The van der Waals surface area contributed by atoms with Gasteiger partial charge in [0.25, 0.3) is 0 Å². The highest BCUT2D eigenvalue weighted by Gasteiger charge is 2.21. The van der Waals surface area contributed by atoms with Crippen molar-refractivity contribution in [3.63, 3.8) is 0 Å². The largest absolute Gasteiger partial charge is 0.493 e. The summed E-state index contributed by atoms with van der Waals surface area (Å²) in [5, 5.41) is 1.62. The Morgan fingerprint density at radius 2 is 1.79 bits per heavy atom. The Morgan fingerprint density at radius 1 is 1.07 bits per heavy atom. The van der Waals surface area contributed by atoms with E-state index in [2.05, 4.69) is 4.98 Å². The summed E-state index contributed by atoms with van der Waals surface area (Å²) < 4.78 is 43.0. The maximum atomic E-state index is 11.9. The molecule has 0 saturated heterocycles. The fourth-order valence-electron chi connectivity index (χ4n) is 3.32. The fraction of sp³-hybridized carbons (Fsp3) is 0.211. The Balaban J connectivity index is 2.05. The highest BCUT2D eigenvalue weighted by molar-refractivity contribution is 7.86. The minimum absolute atomic E-state index is 0.417. The normalized spacial score (nSPS) is 11.9. The summed E-state index contributed by atoms with van der Waals surface area (Å²) in [4.78, 5) is 4.28. The lowest BCUT2D eigenvalue weighted by atomic mass is 10.1. The number of fused-ring (bicyclic) bond motifs is 2. The van der Waals surface area contributed by atoms with Crippen molar-refractivity contribution in [3.8, 4) is 22.8 Å². The van der Waals surface area contributed by atoms with Crippen LogP contribution in [0.1, 0.15) is 0 Å². The van der Waals surface area contributed by atoms with Crippen LogP contribution in [-0.4, -0.2) is 43.2 Å². The molecule has 9 heteroatoms. The second-order valence-corrected chi connectivity index (χ2v) is 7.95. The monoisotopic (exact) mass is 401 g/mol. The summed E-state index contributed by atoms with van der Waals surface area (Å²) in [6.07, 6.45) is 4.49. The molecular weight excluding hydrogens is 382 g/mol. The predicted molar refractivity (Wildman–Crippen MR) is 106 cm³/mol. The van der Waals surface area contributed by atoms with Gasteiger partial charge < -0.3 is 14.0 Å². The third-order valence-corrected chi connectivity index (χ3v) is 4.92. The van der Waals surface area contributed by atoms with Crippen LogP contribution in [0, 0.1) is 0 Å². The number of hydrogen-bond donors (Lipinski definition) is 0. The number of aromatic nitrogens is 3. The number of rotatable bonds is 5. The van der Waals surface area contributed by atoms with Crippen molar-refractivity contribution in [2.75, 3.05) is 20.5 Å². The smallest absolute Gasteiger partial charge is 0.324 e. The zero-order chi connectivity index (χ0) is 20.1. The van der Waals surface area contributed by atoms with Crippen LogP contribution < -0.4 is 13.8 Å². The molecule has 28 heavy (non-hydrogen) atoms. The van der Waals surface area contributed by atoms with Crippen molar-refractivity contribution in [2.24, 2.45) is 7.05 Å². The summed E-state index contributed by atoms with van der Waals surface area (Å²) in [6, 6.07) is 9.22. The third-order valence-electron chi connectivity index (χ3n) is 4.50. The minimum atomic E-state index is -3.77. The zero-order valence-corrected chi connectivity index (χ0v) is 16.6. The Labute approximate surface area is 161 Å². The molecule has 0 bridgehead atoms. The zero-order valence-electron chi connectivity index (χ0n) is 15.8. The molecule has 0 amide bonds. The second kappa shape index (κ2) is 6.45. The lowest BCUT2D eigenvalue weighted by Crippen LogP contribution is -2.19. The Morgan fingerprint density at radius 3 is 2.46 bits per heavy atom. The molecule has 3 heterocycles. The SMILES string of the molecule is COc1cc2c(-c3cc4cccnc4n3OS(C)(=O)=O)cn(C)c2cc1OC. The van der Waals surface area contributed by atoms with E-state index in [1.807, 2.05) is 42.1 Å². The number of aryl methyl sites for hydroxylation is 1. The standard InChI is InChI=1S/C19H19N3O5S/c1-21-11-14(13-9-17(25-2)18(26-3)10-15(13)21)16-8-12-6-5-7-20-19(12)22(16)27-28(4,23)24/h5-11H,1-4H3. The summed E-state index contributed by atoms with van der Waals surface area (Å²) in [7, 11) is 1.29. The van der Waals surface area contributed by atoms with E-state index in [4.69, 9.17) is 13.8 Å². The summed E-state index contributed by atoms with van der Waals surface area (Å²) in [5.41, 5.74) is 2.66. The molecule has 4 rings (SSSR count). The van der Waals surface area contributed by atoms with Crippen LogP contribution in [0.5, 0.6) is 11.5 Å². The quantitative estimate of drug-likeness (QED) is 0.511. The van der Waals surface area contributed by atoms with E-state index >= 15 is 0 Å². The van der Waals surface area contributed by atoms with Crippen molar-refractivity contribution in [1.29, 1.82) is 0 Å². The molecule has 0 saturated carbocycles. The minimum Gasteiger partial charge on any atom is -0.493 e. The first-order valence-corrected chi connectivity index (χ1v) is 10.2. The molecule has 0 unspecified atom stereocenters. The van der Waals surface area contributed by atoms with E-state index in [9.17, 15) is 8.42 Å². The van der Waals surface area contributed by atoms with Gasteiger partial charge in [0.2, 0.25) is 0 Å². The molecule has 1 aromatic carbocycles. The summed E-state index contributed by atoms with van der Waals surface area (Å²) in [6.45, 7) is 0. The lowest BCUT2D eigenvalue weighted by Gasteiger charge is -2.10. The predicted octanol–water partition coefficient (Wildman–Crippen LogP) is 2.60. The number of hydrogen-bond acceptors (Lipinski definition) is 6. The molecule has 3 aromatic heterocycles. The van der Waals surface area contributed by atoms with Gasteiger partial charge in [0.1, 0.15) is 0 Å². The van der Waals surface area contributed by atoms with Gasteiger partial charge in [0, 0.05) is 41.8 Å². The van der Waals surface area contributed by atoms with E-state index in [1.54, 1.807) is 26.5 Å². The molecule has 4 aromatic rings. The first kappa shape index (κ1) is 18.2. The average Bonchev–Trinajstić information content (AvgIpc) is 3.17. The van der Waals surface area contributed by atoms with E-state index in [1.165, 1.54) is 4.73 Å². The van der Waals surface area contributed by atoms with E-state index in [-0.39, 0.29) is 0 Å². The van der Waals surface area contributed by atoms with Gasteiger partial charge in [-0.1, -0.05) is 0 Å². The maximum absolute atomic E-state index is 11.9. The van der Waals surface area contributed by atoms with E-state index in [0.717, 1.165) is 28.1 Å². The Kier molecular flexibility index (Phi) is 4.19. The molecule has 0 atom stereocenters. The topological polar surface area (TPSA) is 84.6 Å². The fourth-order valence-corrected chi connectivity index (χ4v) is 3.74. The summed E-state index contributed by atoms with van der Waals surface area (Å²) >= 11 is 0. The van der Waals surface area contributed by atoms with Gasteiger partial charge in [-0.2, -0.15) is 8.42 Å². The lowest BCUT2D eigenvalue weighted by molar-refractivity contribution is 0.298. The van der Waals surface area contributed by atoms with Gasteiger partial charge in [-0.05, 0) is 24.3 Å². The summed E-state index contributed by atoms with van der Waals surface area (Å²) in [5.74, 6) is 1.18. The molecule has 146 valence electrons. The molecule has 8 nitrogen and oxygen atoms in total. The van der Waals surface area contributed by atoms with Gasteiger partial charge in [-0.3, -0.25) is 4.28 Å². The molecule has 0 spiro atoms. The van der Waals surface area contributed by atoms with Crippen molar-refractivity contribution in [3.05, 3.63) is 42.7 Å². The molecule has 0 N–H and O–H groups in total. The van der Waals surface area contributed by atoms with Crippen LogP contribution >= 0.6 is 0 Å². The van der Waals surface area contributed by atoms with Gasteiger partial charge in [-0.25, -0.2) is 4.98 Å². The van der Waals surface area contributed by atoms with Crippen LogP contribution in [-0.2, 0) is 17.2 Å². The van der Waals surface area contributed by atoms with Crippen LogP contribution in [0.2, 0.25) is 0 Å².